The smallest absolute Gasteiger partial charge is 0.0433 e. The minimum Gasteiger partial charge on any atom is -0.122 e. The predicted molar refractivity (Wildman–Crippen MR) is 48.5 cm³/mol. The van der Waals surface area contributed by atoms with Gasteiger partial charge in [0.05, 0.1) is 0 Å². The van der Waals surface area contributed by atoms with Gasteiger partial charge in [-0.05, 0) is 26.2 Å². The van der Waals surface area contributed by atoms with E-state index in [1.54, 1.807) is 0 Å². The van der Waals surface area contributed by atoms with Gasteiger partial charge in [0.15, 0.2) is 0 Å². The van der Waals surface area contributed by atoms with E-state index < -0.39 is 0 Å². The van der Waals surface area contributed by atoms with Crippen molar-refractivity contribution in [2.45, 2.75) is 26.2 Å². The van der Waals surface area contributed by atoms with Gasteiger partial charge in [-0.3, -0.25) is 0 Å². The van der Waals surface area contributed by atoms with Crippen LogP contribution in [0.3, 0.4) is 0 Å². The standard InChI is InChI=1S/C9H15Cl/c1-3-5-6-7-9(4-2)8-10/h3-4H,1,5-8H2,2H3/b9-4+. The van der Waals surface area contributed by atoms with E-state index in [0.717, 1.165) is 12.8 Å². The van der Waals surface area contributed by atoms with Crippen LogP contribution in [0.2, 0.25) is 0 Å². The largest absolute Gasteiger partial charge is 0.122 e. The first kappa shape index (κ1) is 9.77. The maximum Gasteiger partial charge on any atom is 0.0433 e. The van der Waals surface area contributed by atoms with E-state index in [2.05, 4.69) is 12.7 Å². The van der Waals surface area contributed by atoms with Gasteiger partial charge >= 0.3 is 0 Å². The predicted octanol–water partition coefficient (Wildman–Crippen LogP) is 3.53. The van der Waals surface area contributed by atoms with Gasteiger partial charge in [-0.2, -0.15) is 0 Å². The van der Waals surface area contributed by atoms with Crippen LogP contribution in [0.25, 0.3) is 0 Å². The number of alkyl halides is 1. The topological polar surface area (TPSA) is 0 Å². The fourth-order valence-corrected chi connectivity index (χ4v) is 1.05. The molecule has 58 valence electrons. The van der Waals surface area contributed by atoms with Gasteiger partial charge in [-0.15, -0.1) is 18.2 Å². The molecule has 1 heteroatoms. The fourth-order valence-electron chi connectivity index (χ4n) is 0.762. The molecule has 0 nitrogen and oxygen atoms in total. The van der Waals surface area contributed by atoms with E-state index in [-0.39, 0.29) is 0 Å². The number of unbranched alkanes of at least 4 members (excludes halogenated alkanes) is 1. The molecule has 0 amide bonds. The van der Waals surface area contributed by atoms with E-state index >= 15 is 0 Å². The first-order chi connectivity index (χ1) is 4.85. The average molecular weight is 159 g/mol. The van der Waals surface area contributed by atoms with Crippen molar-refractivity contribution in [1.82, 2.24) is 0 Å². The van der Waals surface area contributed by atoms with E-state index in [1.165, 1.54) is 12.0 Å². The zero-order chi connectivity index (χ0) is 7.82. The van der Waals surface area contributed by atoms with E-state index in [0.29, 0.717) is 5.88 Å². The Labute approximate surface area is 68.6 Å². The molecular weight excluding hydrogens is 144 g/mol. The molecule has 0 aromatic heterocycles. The van der Waals surface area contributed by atoms with Crippen LogP contribution >= 0.6 is 11.6 Å². The van der Waals surface area contributed by atoms with E-state index in [9.17, 15) is 0 Å². The van der Waals surface area contributed by atoms with Crippen molar-refractivity contribution in [2.75, 3.05) is 5.88 Å². The van der Waals surface area contributed by atoms with Crippen molar-refractivity contribution in [3.8, 4) is 0 Å². The summed E-state index contributed by atoms with van der Waals surface area (Å²) < 4.78 is 0. The number of rotatable bonds is 5. The van der Waals surface area contributed by atoms with Crippen molar-refractivity contribution < 1.29 is 0 Å². The SMILES string of the molecule is C=CCCC/C(=C\C)CCl. The molecule has 0 heterocycles. The summed E-state index contributed by atoms with van der Waals surface area (Å²) >= 11 is 5.65. The Bertz CT molecular complexity index is 114. The molecule has 0 aliphatic heterocycles. The lowest BCUT2D eigenvalue weighted by molar-refractivity contribution is 0.833. The average Bonchev–Trinajstić information content (AvgIpc) is 1.99. The Hall–Kier alpha value is -0.230. The quantitative estimate of drug-likeness (QED) is 0.326. The van der Waals surface area contributed by atoms with Gasteiger partial charge in [0.2, 0.25) is 0 Å². The minimum absolute atomic E-state index is 0.674. The highest BCUT2D eigenvalue weighted by Gasteiger charge is 1.91. The molecule has 0 spiro atoms. The molecule has 0 saturated carbocycles. The maximum atomic E-state index is 5.65. The highest BCUT2D eigenvalue weighted by Crippen LogP contribution is 2.08. The molecule has 0 aliphatic carbocycles. The molecule has 0 radical (unpaired) electrons. The van der Waals surface area contributed by atoms with Gasteiger partial charge in [0, 0.05) is 5.88 Å². The van der Waals surface area contributed by atoms with Crippen LogP contribution < -0.4 is 0 Å². The van der Waals surface area contributed by atoms with Crippen LogP contribution in [0.4, 0.5) is 0 Å². The monoisotopic (exact) mass is 158 g/mol. The van der Waals surface area contributed by atoms with Crippen LogP contribution in [0.5, 0.6) is 0 Å². The normalized spacial score (nSPS) is 11.6. The molecule has 0 fully saturated rings. The lowest BCUT2D eigenvalue weighted by Crippen LogP contribution is -1.83. The molecule has 0 atom stereocenters. The molecular formula is C9H15Cl. The fraction of sp³-hybridized carbons (Fsp3) is 0.556. The minimum atomic E-state index is 0.674. The van der Waals surface area contributed by atoms with Crippen LogP contribution in [0.15, 0.2) is 24.3 Å². The molecule has 10 heavy (non-hydrogen) atoms. The Morgan fingerprint density at radius 2 is 2.30 bits per heavy atom. The third kappa shape index (κ3) is 4.63. The van der Waals surface area contributed by atoms with Crippen LogP contribution in [0, 0.1) is 0 Å². The molecule has 0 N–H and O–H groups in total. The van der Waals surface area contributed by atoms with Crippen LogP contribution in [-0.4, -0.2) is 5.88 Å². The van der Waals surface area contributed by atoms with Gasteiger partial charge in [0.1, 0.15) is 0 Å². The summed E-state index contributed by atoms with van der Waals surface area (Å²) in [6, 6.07) is 0. The Morgan fingerprint density at radius 1 is 1.60 bits per heavy atom. The summed E-state index contributed by atoms with van der Waals surface area (Å²) in [5.74, 6) is 0.674. The van der Waals surface area contributed by atoms with E-state index in [4.69, 9.17) is 11.6 Å². The summed E-state index contributed by atoms with van der Waals surface area (Å²) in [7, 11) is 0. The summed E-state index contributed by atoms with van der Waals surface area (Å²) in [6.07, 6.45) is 7.42. The lowest BCUT2D eigenvalue weighted by atomic mass is 10.1. The Kier molecular flexibility index (Phi) is 6.73. The zero-order valence-electron chi connectivity index (χ0n) is 6.57. The third-order valence-electron chi connectivity index (χ3n) is 1.49. The summed E-state index contributed by atoms with van der Waals surface area (Å²) in [4.78, 5) is 0. The summed E-state index contributed by atoms with van der Waals surface area (Å²) in [6.45, 7) is 5.69. The highest BCUT2D eigenvalue weighted by molar-refractivity contribution is 6.19. The second-order valence-electron chi connectivity index (χ2n) is 2.26. The maximum absolute atomic E-state index is 5.65. The molecule has 0 bridgehead atoms. The van der Waals surface area contributed by atoms with Crippen molar-refractivity contribution >= 4 is 11.6 Å². The second kappa shape index (κ2) is 6.88. The summed E-state index contributed by atoms with van der Waals surface area (Å²) in [5.41, 5.74) is 1.34. The number of hydrogen-bond donors (Lipinski definition) is 0. The van der Waals surface area contributed by atoms with Crippen molar-refractivity contribution in [3.05, 3.63) is 24.3 Å². The van der Waals surface area contributed by atoms with Gasteiger partial charge in [0.25, 0.3) is 0 Å². The molecule has 0 rings (SSSR count). The molecule has 0 aromatic carbocycles. The Balaban J connectivity index is 3.36. The number of hydrogen-bond acceptors (Lipinski definition) is 0. The molecule has 0 aliphatic rings. The molecule has 0 unspecified atom stereocenters. The molecule has 0 saturated heterocycles. The van der Waals surface area contributed by atoms with Crippen LogP contribution in [0.1, 0.15) is 26.2 Å². The van der Waals surface area contributed by atoms with Crippen molar-refractivity contribution in [1.29, 1.82) is 0 Å². The third-order valence-corrected chi connectivity index (χ3v) is 1.83. The second-order valence-corrected chi connectivity index (χ2v) is 2.53. The lowest BCUT2D eigenvalue weighted by Gasteiger charge is -1.99. The molecule has 0 aromatic rings. The number of halogens is 1. The van der Waals surface area contributed by atoms with Crippen molar-refractivity contribution in [2.24, 2.45) is 0 Å². The zero-order valence-corrected chi connectivity index (χ0v) is 7.32. The van der Waals surface area contributed by atoms with E-state index in [1.807, 2.05) is 13.0 Å². The van der Waals surface area contributed by atoms with Gasteiger partial charge in [-0.1, -0.05) is 17.7 Å². The first-order valence-electron chi connectivity index (χ1n) is 3.66. The first-order valence-corrected chi connectivity index (χ1v) is 4.19. The summed E-state index contributed by atoms with van der Waals surface area (Å²) in [5, 5.41) is 0. The van der Waals surface area contributed by atoms with Crippen LogP contribution in [-0.2, 0) is 0 Å². The number of allylic oxidation sites excluding steroid dienone is 3. The van der Waals surface area contributed by atoms with Gasteiger partial charge in [-0.25, -0.2) is 0 Å². The van der Waals surface area contributed by atoms with Crippen molar-refractivity contribution in [3.63, 3.8) is 0 Å². The Morgan fingerprint density at radius 3 is 2.70 bits per heavy atom. The highest BCUT2D eigenvalue weighted by atomic mass is 35.5. The van der Waals surface area contributed by atoms with Gasteiger partial charge < -0.3 is 0 Å².